The Morgan fingerprint density at radius 1 is 1.38 bits per heavy atom. The zero-order valence-electron chi connectivity index (χ0n) is 12.8. The molecule has 0 fully saturated rings. The molecule has 0 aliphatic rings. The van der Waals surface area contributed by atoms with Crippen LogP contribution in [-0.2, 0) is 4.79 Å². The van der Waals surface area contributed by atoms with Gasteiger partial charge in [0.2, 0.25) is 5.91 Å². The third kappa shape index (κ3) is 7.93. The van der Waals surface area contributed by atoms with Crippen molar-refractivity contribution in [2.24, 2.45) is 5.92 Å². The van der Waals surface area contributed by atoms with Crippen molar-refractivity contribution in [2.75, 3.05) is 18.9 Å². The Morgan fingerprint density at radius 2 is 2.14 bits per heavy atom. The number of carbonyl (C=O) groups excluding carboxylic acids is 1. The number of benzene rings is 1. The lowest BCUT2D eigenvalue weighted by atomic mass is 10.2. The zero-order chi connectivity index (χ0) is 15.5. The van der Waals surface area contributed by atoms with Gasteiger partial charge in [-0.2, -0.15) is 0 Å². The quantitative estimate of drug-likeness (QED) is 0.418. The lowest BCUT2D eigenvalue weighted by molar-refractivity contribution is -0.116. The van der Waals surface area contributed by atoms with E-state index in [1.807, 2.05) is 36.0 Å². The second kappa shape index (κ2) is 10.5. The number of aliphatic hydroxyl groups is 1. The molecular weight excluding hydrogens is 282 g/mol. The van der Waals surface area contributed by atoms with E-state index in [1.54, 1.807) is 6.08 Å². The van der Waals surface area contributed by atoms with Gasteiger partial charge in [-0.15, -0.1) is 11.8 Å². The van der Waals surface area contributed by atoms with E-state index in [-0.39, 0.29) is 12.5 Å². The van der Waals surface area contributed by atoms with Gasteiger partial charge >= 0.3 is 0 Å². The molecule has 0 heterocycles. The molecule has 2 N–H and O–H groups in total. The van der Waals surface area contributed by atoms with Crippen LogP contribution in [0.4, 0.5) is 0 Å². The van der Waals surface area contributed by atoms with E-state index in [0.717, 1.165) is 11.3 Å². The molecule has 21 heavy (non-hydrogen) atoms. The van der Waals surface area contributed by atoms with Gasteiger partial charge in [-0.1, -0.05) is 32.0 Å². The van der Waals surface area contributed by atoms with Gasteiger partial charge in [-0.05, 0) is 42.2 Å². The fourth-order valence-corrected chi connectivity index (χ4v) is 2.96. The topological polar surface area (TPSA) is 49.3 Å². The number of amides is 1. The molecule has 0 spiro atoms. The first-order chi connectivity index (χ1) is 10.1. The van der Waals surface area contributed by atoms with Crippen LogP contribution in [0, 0.1) is 5.92 Å². The Balaban J connectivity index is 2.55. The molecule has 1 rings (SSSR count). The monoisotopic (exact) mass is 307 g/mol. The highest BCUT2D eigenvalue weighted by Gasteiger charge is 2.02. The third-order valence-corrected chi connectivity index (χ3v) is 4.04. The molecule has 3 nitrogen and oxygen atoms in total. The van der Waals surface area contributed by atoms with Crippen molar-refractivity contribution in [3.05, 3.63) is 35.9 Å². The van der Waals surface area contributed by atoms with E-state index in [1.165, 1.54) is 11.3 Å². The van der Waals surface area contributed by atoms with E-state index < -0.39 is 0 Å². The summed E-state index contributed by atoms with van der Waals surface area (Å²) < 4.78 is 0. The van der Waals surface area contributed by atoms with Crippen molar-refractivity contribution >= 4 is 23.7 Å². The highest BCUT2D eigenvalue weighted by atomic mass is 32.2. The normalized spacial score (nSPS) is 11.2. The van der Waals surface area contributed by atoms with Gasteiger partial charge in [-0.25, -0.2) is 0 Å². The summed E-state index contributed by atoms with van der Waals surface area (Å²) in [4.78, 5) is 12.8. The molecule has 0 saturated heterocycles. The van der Waals surface area contributed by atoms with Crippen LogP contribution >= 0.6 is 11.8 Å². The molecule has 1 aromatic rings. The van der Waals surface area contributed by atoms with Crippen LogP contribution in [0.25, 0.3) is 6.08 Å². The van der Waals surface area contributed by atoms with E-state index >= 15 is 0 Å². The van der Waals surface area contributed by atoms with E-state index in [4.69, 9.17) is 5.11 Å². The molecule has 0 unspecified atom stereocenters. The largest absolute Gasteiger partial charge is 0.396 e. The number of hydrogen-bond donors (Lipinski definition) is 2. The fourth-order valence-electron chi connectivity index (χ4n) is 1.67. The summed E-state index contributed by atoms with van der Waals surface area (Å²) in [5, 5.41) is 11.4. The van der Waals surface area contributed by atoms with Gasteiger partial charge in [0.15, 0.2) is 0 Å². The molecule has 0 aromatic heterocycles. The van der Waals surface area contributed by atoms with Crippen molar-refractivity contribution in [1.82, 2.24) is 5.32 Å². The molecule has 1 aromatic carbocycles. The smallest absolute Gasteiger partial charge is 0.244 e. The lowest BCUT2D eigenvalue weighted by Crippen LogP contribution is -2.22. The number of hydrogen-bond acceptors (Lipinski definition) is 3. The third-order valence-electron chi connectivity index (χ3n) is 2.92. The van der Waals surface area contributed by atoms with E-state index in [0.29, 0.717) is 18.9 Å². The minimum atomic E-state index is -0.120. The molecular formula is C17H25NO2S. The minimum absolute atomic E-state index is 0.0965. The molecule has 0 aliphatic carbocycles. The highest BCUT2D eigenvalue weighted by Crippen LogP contribution is 2.25. The summed E-state index contributed by atoms with van der Waals surface area (Å²) in [7, 11) is 0. The van der Waals surface area contributed by atoms with Crippen molar-refractivity contribution in [3.8, 4) is 0 Å². The first-order valence-electron chi connectivity index (χ1n) is 7.42. The SMILES string of the molecule is CC(C)CCSc1ccccc1/C=C/C(=O)NCCCO. The molecule has 0 atom stereocenters. The Labute approximate surface area is 131 Å². The van der Waals surface area contributed by atoms with Gasteiger partial charge in [0.05, 0.1) is 0 Å². The van der Waals surface area contributed by atoms with Crippen LogP contribution in [0.15, 0.2) is 35.2 Å². The summed E-state index contributed by atoms with van der Waals surface area (Å²) in [6.07, 6.45) is 5.18. The first kappa shape index (κ1) is 17.8. The molecule has 1 amide bonds. The molecule has 0 radical (unpaired) electrons. The number of aliphatic hydroxyl groups excluding tert-OH is 1. The number of rotatable bonds is 9. The van der Waals surface area contributed by atoms with Crippen LogP contribution in [0.2, 0.25) is 0 Å². The van der Waals surface area contributed by atoms with Gasteiger partial charge in [0, 0.05) is 24.1 Å². The predicted molar refractivity (Wildman–Crippen MR) is 90.4 cm³/mol. The second-order valence-electron chi connectivity index (χ2n) is 5.27. The average Bonchev–Trinajstić information content (AvgIpc) is 2.46. The highest BCUT2D eigenvalue weighted by molar-refractivity contribution is 7.99. The van der Waals surface area contributed by atoms with Crippen molar-refractivity contribution < 1.29 is 9.90 Å². The van der Waals surface area contributed by atoms with Crippen molar-refractivity contribution in [1.29, 1.82) is 0 Å². The molecule has 4 heteroatoms. The van der Waals surface area contributed by atoms with Gasteiger partial charge in [0.25, 0.3) is 0 Å². The van der Waals surface area contributed by atoms with E-state index in [2.05, 4.69) is 25.2 Å². The summed E-state index contributed by atoms with van der Waals surface area (Å²) in [6.45, 7) is 5.05. The minimum Gasteiger partial charge on any atom is -0.396 e. The fraction of sp³-hybridized carbons (Fsp3) is 0.471. The van der Waals surface area contributed by atoms with Crippen molar-refractivity contribution in [3.63, 3.8) is 0 Å². The Morgan fingerprint density at radius 3 is 2.86 bits per heavy atom. The van der Waals surface area contributed by atoms with Crippen molar-refractivity contribution in [2.45, 2.75) is 31.6 Å². The second-order valence-corrected chi connectivity index (χ2v) is 6.41. The average molecular weight is 307 g/mol. The maximum atomic E-state index is 11.6. The van der Waals surface area contributed by atoms with Gasteiger partial charge in [0.1, 0.15) is 0 Å². The summed E-state index contributed by atoms with van der Waals surface area (Å²) in [6, 6.07) is 8.12. The maximum Gasteiger partial charge on any atom is 0.244 e. The standard InChI is InChI=1S/C17H25NO2S/c1-14(2)10-13-21-16-7-4-3-6-15(16)8-9-17(20)18-11-5-12-19/h3-4,6-9,14,19H,5,10-13H2,1-2H3,(H,18,20)/b9-8+. The Bertz CT molecular complexity index is 458. The van der Waals surface area contributed by atoms with Gasteiger partial charge < -0.3 is 10.4 Å². The Hall–Kier alpha value is -1.26. The van der Waals surface area contributed by atoms with E-state index in [9.17, 15) is 4.79 Å². The summed E-state index contributed by atoms with van der Waals surface area (Å²) in [5.41, 5.74) is 1.07. The molecule has 0 bridgehead atoms. The number of nitrogens with one attached hydrogen (secondary N) is 1. The predicted octanol–water partition coefficient (Wildman–Crippen LogP) is 3.34. The van der Waals surface area contributed by atoms with Crippen LogP contribution in [-0.4, -0.2) is 29.9 Å². The summed E-state index contributed by atoms with van der Waals surface area (Å²) >= 11 is 1.83. The van der Waals surface area contributed by atoms with Crippen LogP contribution in [0.1, 0.15) is 32.3 Å². The molecule has 0 saturated carbocycles. The Kier molecular flexibility index (Phi) is 8.87. The first-order valence-corrected chi connectivity index (χ1v) is 8.40. The molecule has 0 aliphatic heterocycles. The van der Waals surface area contributed by atoms with Crippen LogP contribution in [0.3, 0.4) is 0 Å². The number of carbonyl (C=O) groups is 1. The number of thioether (sulfide) groups is 1. The van der Waals surface area contributed by atoms with Gasteiger partial charge in [-0.3, -0.25) is 4.79 Å². The zero-order valence-corrected chi connectivity index (χ0v) is 13.7. The molecule has 116 valence electrons. The summed E-state index contributed by atoms with van der Waals surface area (Å²) in [5.74, 6) is 1.67. The maximum absolute atomic E-state index is 11.6. The lowest BCUT2D eigenvalue weighted by Gasteiger charge is -2.07. The van der Waals surface area contributed by atoms with Crippen LogP contribution in [0.5, 0.6) is 0 Å². The van der Waals surface area contributed by atoms with Crippen LogP contribution < -0.4 is 5.32 Å².